The summed E-state index contributed by atoms with van der Waals surface area (Å²) in [6.45, 7) is 5.73. The van der Waals surface area contributed by atoms with E-state index in [2.05, 4.69) is 11.3 Å². The molecule has 0 bridgehead atoms. The second-order valence-corrected chi connectivity index (χ2v) is 8.65. The fourth-order valence-corrected chi connectivity index (χ4v) is 4.35. The molecule has 0 amide bonds. The van der Waals surface area contributed by atoms with Crippen LogP contribution in [-0.4, -0.2) is 19.5 Å². The first-order chi connectivity index (χ1) is 14.8. The van der Waals surface area contributed by atoms with Crippen LogP contribution in [0.1, 0.15) is 27.0 Å². The number of hydrogen-bond acceptors (Lipinski definition) is 4. The Balaban J connectivity index is 1.84. The Morgan fingerprint density at radius 2 is 1.81 bits per heavy atom. The molecular weight excluding hydrogens is 414 g/mol. The maximum atomic E-state index is 13.1. The predicted octanol–water partition coefficient (Wildman–Crippen LogP) is 4.80. The van der Waals surface area contributed by atoms with Gasteiger partial charge in [-0.05, 0) is 60.4 Å². The second-order valence-electron chi connectivity index (χ2n) is 7.00. The number of aromatic carboxylic acids is 1. The van der Waals surface area contributed by atoms with Gasteiger partial charge in [-0.3, -0.25) is 4.72 Å². The summed E-state index contributed by atoms with van der Waals surface area (Å²) in [5.74, 6) is -0.619. The van der Waals surface area contributed by atoms with Gasteiger partial charge in [-0.2, -0.15) is 0 Å². The first-order valence-corrected chi connectivity index (χ1v) is 11.1. The van der Waals surface area contributed by atoms with E-state index in [1.54, 1.807) is 60.7 Å². The average molecular weight is 438 g/mol. The summed E-state index contributed by atoms with van der Waals surface area (Å²) in [6.07, 6.45) is 2.09. The fourth-order valence-electron chi connectivity index (χ4n) is 3.03. The fraction of sp³-hybridized carbons (Fsp3) is 0.125. The molecule has 0 spiro atoms. The van der Waals surface area contributed by atoms with Crippen molar-refractivity contribution < 1.29 is 23.1 Å². The van der Waals surface area contributed by atoms with Crippen molar-refractivity contribution in [3.8, 4) is 5.75 Å². The highest BCUT2D eigenvalue weighted by Crippen LogP contribution is 2.30. The molecule has 2 N–H and O–H groups in total. The van der Waals surface area contributed by atoms with Crippen LogP contribution < -0.4 is 9.46 Å². The van der Waals surface area contributed by atoms with Gasteiger partial charge in [0.15, 0.2) is 0 Å². The van der Waals surface area contributed by atoms with Crippen LogP contribution in [0.4, 0.5) is 5.69 Å². The first-order valence-electron chi connectivity index (χ1n) is 9.57. The van der Waals surface area contributed by atoms with E-state index in [-0.39, 0.29) is 17.1 Å². The molecule has 7 heteroatoms. The lowest BCUT2D eigenvalue weighted by molar-refractivity contribution is 0.0697. The summed E-state index contributed by atoms with van der Waals surface area (Å²) in [7, 11) is -3.84. The van der Waals surface area contributed by atoms with E-state index in [1.807, 2.05) is 6.92 Å². The van der Waals surface area contributed by atoms with E-state index >= 15 is 0 Å². The molecule has 0 aromatic heterocycles. The number of sulfonamides is 1. The molecule has 0 atom stereocenters. The Hall–Kier alpha value is -3.58. The number of aryl methyl sites for hydroxylation is 1. The number of carboxylic acid groups (broad SMARTS) is 1. The van der Waals surface area contributed by atoms with E-state index in [1.165, 1.54) is 12.1 Å². The maximum absolute atomic E-state index is 13.1. The van der Waals surface area contributed by atoms with Crippen molar-refractivity contribution in [3.05, 3.63) is 102 Å². The van der Waals surface area contributed by atoms with Gasteiger partial charge < -0.3 is 9.84 Å². The normalized spacial score (nSPS) is 11.0. The first kappa shape index (κ1) is 22.1. The van der Waals surface area contributed by atoms with E-state index in [0.717, 1.165) is 11.1 Å². The number of anilines is 1. The van der Waals surface area contributed by atoms with Gasteiger partial charge in [-0.1, -0.05) is 42.5 Å². The molecule has 0 aliphatic carbocycles. The molecule has 3 aromatic carbocycles. The Morgan fingerprint density at radius 3 is 2.48 bits per heavy atom. The van der Waals surface area contributed by atoms with E-state index < -0.39 is 16.0 Å². The molecule has 0 aliphatic heterocycles. The van der Waals surface area contributed by atoms with Crippen molar-refractivity contribution in [1.29, 1.82) is 0 Å². The van der Waals surface area contributed by atoms with Crippen molar-refractivity contribution >= 4 is 21.7 Å². The molecule has 160 valence electrons. The monoisotopic (exact) mass is 437 g/mol. The highest BCUT2D eigenvalue weighted by Gasteiger charge is 2.20. The molecular formula is C24H23NO5S. The minimum Gasteiger partial charge on any atom is -0.487 e. The minimum absolute atomic E-state index is 0.158. The summed E-state index contributed by atoms with van der Waals surface area (Å²) in [5.41, 5.74) is 2.83. The van der Waals surface area contributed by atoms with Gasteiger partial charge in [0.1, 0.15) is 12.4 Å². The molecule has 0 aliphatic rings. The van der Waals surface area contributed by atoms with E-state index in [4.69, 9.17) is 9.84 Å². The zero-order valence-electron chi connectivity index (χ0n) is 17.0. The van der Waals surface area contributed by atoms with Gasteiger partial charge in [0.2, 0.25) is 0 Å². The van der Waals surface area contributed by atoms with Gasteiger partial charge in [-0.25, -0.2) is 13.2 Å². The number of ether oxygens (including phenoxy) is 1. The van der Waals surface area contributed by atoms with Crippen LogP contribution >= 0.6 is 0 Å². The molecule has 0 saturated carbocycles. The highest BCUT2D eigenvalue weighted by atomic mass is 32.2. The second kappa shape index (κ2) is 9.49. The van der Waals surface area contributed by atoms with Gasteiger partial charge in [0.25, 0.3) is 10.0 Å². The third kappa shape index (κ3) is 5.52. The number of nitrogens with one attached hydrogen (secondary N) is 1. The van der Waals surface area contributed by atoms with Crippen LogP contribution in [0.2, 0.25) is 0 Å². The molecule has 0 fully saturated rings. The topological polar surface area (TPSA) is 92.7 Å². The van der Waals surface area contributed by atoms with Crippen LogP contribution in [0.15, 0.2) is 84.3 Å². The smallest absolute Gasteiger partial charge is 0.335 e. The van der Waals surface area contributed by atoms with Gasteiger partial charge in [0.05, 0.1) is 16.1 Å². The van der Waals surface area contributed by atoms with E-state index in [9.17, 15) is 13.2 Å². The van der Waals surface area contributed by atoms with Crippen LogP contribution in [0.5, 0.6) is 5.75 Å². The molecule has 31 heavy (non-hydrogen) atoms. The van der Waals surface area contributed by atoms with Crippen LogP contribution in [0.3, 0.4) is 0 Å². The number of hydrogen-bond donors (Lipinski definition) is 2. The van der Waals surface area contributed by atoms with Crippen molar-refractivity contribution in [2.24, 2.45) is 0 Å². The van der Waals surface area contributed by atoms with Crippen molar-refractivity contribution in [2.75, 3.05) is 4.72 Å². The number of allylic oxidation sites excluding steroid dienone is 1. The number of benzene rings is 3. The largest absolute Gasteiger partial charge is 0.487 e. The van der Waals surface area contributed by atoms with Crippen molar-refractivity contribution in [2.45, 2.75) is 24.8 Å². The van der Waals surface area contributed by atoms with E-state index in [0.29, 0.717) is 23.4 Å². The minimum atomic E-state index is -3.84. The lowest BCUT2D eigenvalue weighted by Crippen LogP contribution is -2.15. The molecule has 0 radical (unpaired) electrons. The SMILES string of the molecule is C=CCc1ccccc1S(=O)(=O)Nc1ccc(C)cc1OCc1ccc(C(=O)O)cc1. The molecule has 0 saturated heterocycles. The average Bonchev–Trinajstić information content (AvgIpc) is 2.74. The third-order valence-electron chi connectivity index (χ3n) is 4.60. The van der Waals surface area contributed by atoms with Gasteiger partial charge in [0, 0.05) is 0 Å². The molecule has 0 heterocycles. The van der Waals surface area contributed by atoms with Crippen molar-refractivity contribution in [1.82, 2.24) is 0 Å². The Morgan fingerprint density at radius 1 is 1.10 bits per heavy atom. The summed E-state index contributed by atoms with van der Waals surface area (Å²) < 4.78 is 34.6. The third-order valence-corrected chi connectivity index (χ3v) is 6.07. The molecule has 3 aromatic rings. The maximum Gasteiger partial charge on any atom is 0.335 e. The summed E-state index contributed by atoms with van der Waals surface area (Å²) in [6, 6.07) is 18.3. The lowest BCUT2D eigenvalue weighted by Gasteiger charge is -2.16. The standard InChI is InChI=1S/C24H23NO5S/c1-3-6-19-7-4-5-8-23(19)31(28,29)25-21-14-9-17(2)15-22(21)30-16-18-10-12-20(13-11-18)24(26)27/h3-5,7-15,25H,1,6,16H2,2H3,(H,26,27). The lowest BCUT2D eigenvalue weighted by atomic mass is 10.1. The zero-order valence-corrected chi connectivity index (χ0v) is 17.9. The summed E-state index contributed by atoms with van der Waals surface area (Å²) >= 11 is 0. The molecule has 6 nitrogen and oxygen atoms in total. The zero-order chi connectivity index (χ0) is 22.4. The summed E-state index contributed by atoms with van der Waals surface area (Å²) in [5, 5.41) is 9.00. The van der Waals surface area contributed by atoms with Crippen molar-refractivity contribution in [3.63, 3.8) is 0 Å². The van der Waals surface area contributed by atoms with Gasteiger partial charge >= 0.3 is 5.97 Å². The molecule has 3 rings (SSSR count). The van der Waals surface area contributed by atoms with Gasteiger partial charge in [-0.15, -0.1) is 6.58 Å². The quantitative estimate of drug-likeness (QED) is 0.469. The number of carboxylic acids is 1. The number of rotatable bonds is 9. The Bertz CT molecular complexity index is 1200. The predicted molar refractivity (Wildman–Crippen MR) is 120 cm³/mol. The van der Waals surface area contributed by atoms with Crippen LogP contribution in [0, 0.1) is 6.92 Å². The molecule has 0 unspecified atom stereocenters. The number of carbonyl (C=O) groups is 1. The summed E-state index contributed by atoms with van der Waals surface area (Å²) in [4.78, 5) is 11.2. The Labute approximate surface area is 181 Å². The van der Waals surface area contributed by atoms with Crippen LogP contribution in [-0.2, 0) is 23.1 Å². The van der Waals surface area contributed by atoms with Crippen LogP contribution in [0.25, 0.3) is 0 Å². The Kier molecular flexibility index (Phi) is 6.77. The highest BCUT2D eigenvalue weighted by molar-refractivity contribution is 7.92.